The third-order valence-electron chi connectivity index (χ3n) is 6.60. The van der Waals surface area contributed by atoms with E-state index < -0.39 is 5.92 Å². The molecule has 0 radical (unpaired) electrons. The average molecular weight is 476 g/mol. The molecule has 2 aromatic carbocycles. The van der Waals surface area contributed by atoms with Crippen LogP contribution in [0.25, 0.3) is 0 Å². The molecule has 2 atom stereocenters. The van der Waals surface area contributed by atoms with Crippen LogP contribution in [-0.4, -0.2) is 32.1 Å². The van der Waals surface area contributed by atoms with Crippen LogP contribution in [0.3, 0.4) is 0 Å². The van der Waals surface area contributed by atoms with Crippen LogP contribution >= 0.6 is 0 Å². The predicted octanol–water partition coefficient (Wildman–Crippen LogP) is 5.41. The molecule has 0 saturated heterocycles. The first-order valence-corrected chi connectivity index (χ1v) is 12.2. The maximum atomic E-state index is 13.7. The summed E-state index contributed by atoms with van der Waals surface area (Å²) in [6.45, 7) is 6.69. The zero-order chi connectivity index (χ0) is 24.9. The second-order valence-corrected chi connectivity index (χ2v) is 8.93. The fourth-order valence-corrected chi connectivity index (χ4v) is 4.95. The molecular formula is C29H33NO5. The Balaban J connectivity index is 1.73. The molecule has 6 nitrogen and oxygen atoms in total. The van der Waals surface area contributed by atoms with E-state index in [9.17, 15) is 9.59 Å². The Morgan fingerprint density at radius 1 is 0.971 bits per heavy atom. The van der Waals surface area contributed by atoms with Gasteiger partial charge < -0.3 is 19.5 Å². The number of rotatable bonds is 8. The van der Waals surface area contributed by atoms with Crippen molar-refractivity contribution in [3.05, 3.63) is 82.2 Å². The number of Topliss-reactive ketones (excluding diaryl/α,β-unsaturated/α-hetero) is 1. The SMILES string of the molecule is CCCOC(=O)C1=C(C)NC2=C(C(=O)C[C@@H](c3ccc(OC)cc3)C2)[C@H]1c1ccc(OCC)cc1. The van der Waals surface area contributed by atoms with Crippen molar-refractivity contribution < 1.29 is 23.8 Å². The Morgan fingerprint density at radius 2 is 1.63 bits per heavy atom. The van der Waals surface area contributed by atoms with Gasteiger partial charge in [-0.1, -0.05) is 31.2 Å². The van der Waals surface area contributed by atoms with Gasteiger partial charge in [0.1, 0.15) is 11.5 Å². The molecule has 1 aliphatic carbocycles. The highest BCUT2D eigenvalue weighted by Crippen LogP contribution is 2.46. The largest absolute Gasteiger partial charge is 0.497 e. The van der Waals surface area contributed by atoms with Crippen LogP contribution < -0.4 is 14.8 Å². The Morgan fingerprint density at radius 3 is 2.26 bits per heavy atom. The Labute approximate surface area is 207 Å². The van der Waals surface area contributed by atoms with Crippen LogP contribution in [0.4, 0.5) is 0 Å². The predicted molar refractivity (Wildman–Crippen MR) is 134 cm³/mol. The summed E-state index contributed by atoms with van der Waals surface area (Å²) >= 11 is 0. The third kappa shape index (κ3) is 5.11. The van der Waals surface area contributed by atoms with Crippen molar-refractivity contribution in [1.29, 1.82) is 0 Å². The van der Waals surface area contributed by atoms with E-state index >= 15 is 0 Å². The lowest BCUT2D eigenvalue weighted by molar-refractivity contribution is -0.139. The van der Waals surface area contributed by atoms with Crippen molar-refractivity contribution >= 4 is 11.8 Å². The molecule has 1 aliphatic heterocycles. The molecule has 0 unspecified atom stereocenters. The second kappa shape index (κ2) is 10.8. The summed E-state index contributed by atoms with van der Waals surface area (Å²) in [5.74, 6) is 0.789. The van der Waals surface area contributed by atoms with Gasteiger partial charge in [0.25, 0.3) is 0 Å². The number of ether oxygens (including phenoxy) is 3. The number of hydrogen-bond acceptors (Lipinski definition) is 6. The molecule has 0 spiro atoms. The van der Waals surface area contributed by atoms with Gasteiger partial charge in [-0.05, 0) is 68.0 Å². The van der Waals surface area contributed by atoms with E-state index in [1.165, 1.54) is 0 Å². The minimum Gasteiger partial charge on any atom is -0.497 e. The fourth-order valence-electron chi connectivity index (χ4n) is 4.95. The standard InChI is InChI=1S/C29H33NO5/c1-5-15-35-29(32)26-18(3)30-24-16-21(19-7-11-22(33-4)12-8-19)17-25(31)28(24)27(26)20-9-13-23(14-10-20)34-6-2/h7-14,21,27,30H,5-6,15-17H2,1-4H3/t21-,27-/m0/s1. The summed E-state index contributed by atoms with van der Waals surface area (Å²) in [7, 11) is 1.64. The van der Waals surface area contributed by atoms with Crippen LogP contribution in [-0.2, 0) is 14.3 Å². The molecule has 1 N–H and O–H groups in total. The van der Waals surface area contributed by atoms with E-state index in [2.05, 4.69) is 5.32 Å². The van der Waals surface area contributed by atoms with Crippen molar-refractivity contribution in [3.63, 3.8) is 0 Å². The fraction of sp³-hybridized carbons (Fsp3) is 0.379. The summed E-state index contributed by atoms with van der Waals surface area (Å²) in [4.78, 5) is 26.8. The number of allylic oxidation sites excluding steroid dienone is 3. The van der Waals surface area contributed by atoms with Crippen molar-refractivity contribution in [1.82, 2.24) is 5.32 Å². The van der Waals surface area contributed by atoms with Gasteiger partial charge in [0, 0.05) is 29.3 Å². The Kier molecular flexibility index (Phi) is 7.59. The van der Waals surface area contributed by atoms with E-state index in [0.29, 0.717) is 37.2 Å². The van der Waals surface area contributed by atoms with E-state index in [4.69, 9.17) is 14.2 Å². The van der Waals surface area contributed by atoms with Gasteiger partial charge in [0.2, 0.25) is 0 Å². The molecule has 184 valence electrons. The number of carbonyl (C=O) groups excluding carboxylic acids is 2. The monoisotopic (exact) mass is 475 g/mol. The topological polar surface area (TPSA) is 73.9 Å². The Bertz CT molecular complexity index is 1140. The van der Waals surface area contributed by atoms with Gasteiger partial charge in [0.05, 0.1) is 25.9 Å². The van der Waals surface area contributed by atoms with Gasteiger partial charge in [-0.25, -0.2) is 4.79 Å². The van der Waals surface area contributed by atoms with E-state index in [-0.39, 0.29) is 17.7 Å². The summed E-state index contributed by atoms with van der Waals surface area (Å²) in [5.41, 5.74) is 4.74. The van der Waals surface area contributed by atoms with Gasteiger partial charge in [-0.15, -0.1) is 0 Å². The summed E-state index contributed by atoms with van der Waals surface area (Å²) in [5, 5.41) is 3.40. The molecule has 6 heteroatoms. The van der Waals surface area contributed by atoms with Crippen LogP contribution in [0.15, 0.2) is 71.1 Å². The molecule has 0 amide bonds. The molecule has 4 rings (SSSR count). The molecule has 0 aromatic heterocycles. The number of esters is 1. The number of nitrogens with one attached hydrogen (secondary N) is 1. The Hall–Kier alpha value is -3.54. The average Bonchev–Trinajstić information content (AvgIpc) is 2.87. The van der Waals surface area contributed by atoms with Gasteiger partial charge in [-0.3, -0.25) is 4.79 Å². The van der Waals surface area contributed by atoms with Crippen LogP contribution in [0.1, 0.15) is 63.0 Å². The molecule has 35 heavy (non-hydrogen) atoms. The first-order chi connectivity index (χ1) is 17.0. The minimum atomic E-state index is -0.476. The smallest absolute Gasteiger partial charge is 0.336 e. The van der Waals surface area contributed by atoms with Crippen LogP contribution in [0, 0.1) is 0 Å². The molecule has 0 fully saturated rings. The number of ketones is 1. The second-order valence-electron chi connectivity index (χ2n) is 8.93. The molecule has 2 aromatic rings. The molecule has 0 saturated carbocycles. The lowest BCUT2D eigenvalue weighted by atomic mass is 9.71. The van der Waals surface area contributed by atoms with Crippen molar-refractivity contribution in [3.8, 4) is 11.5 Å². The molecule has 0 bridgehead atoms. The highest BCUT2D eigenvalue weighted by atomic mass is 16.5. The number of methoxy groups -OCH3 is 1. The normalized spacial score (nSPS) is 19.7. The third-order valence-corrected chi connectivity index (χ3v) is 6.60. The first-order valence-electron chi connectivity index (χ1n) is 12.2. The van der Waals surface area contributed by atoms with Crippen LogP contribution in [0.5, 0.6) is 11.5 Å². The van der Waals surface area contributed by atoms with E-state index in [0.717, 1.165) is 40.4 Å². The maximum Gasteiger partial charge on any atom is 0.336 e. The number of dihydropyridines is 1. The lowest BCUT2D eigenvalue weighted by Crippen LogP contribution is -2.36. The van der Waals surface area contributed by atoms with E-state index in [1.807, 2.05) is 69.3 Å². The number of benzene rings is 2. The zero-order valence-electron chi connectivity index (χ0n) is 20.9. The maximum absolute atomic E-state index is 13.7. The van der Waals surface area contributed by atoms with Crippen molar-refractivity contribution in [2.45, 2.75) is 51.9 Å². The highest BCUT2D eigenvalue weighted by Gasteiger charge is 2.41. The van der Waals surface area contributed by atoms with Crippen molar-refractivity contribution in [2.24, 2.45) is 0 Å². The zero-order valence-corrected chi connectivity index (χ0v) is 20.9. The highest BCUT2D eigenvalue weighted by molar-refractivity contribution is 6.04. The van der Waals surface area contributed by atoms with E-state index in [1.54, 1.807) is 7.11 Å². The summed E-state index contributed by atoms with van der Waals surface area (Å²) < 4.78 is 16.4. The van der Waals surface area contributed by atoms with Gasteiger partial charge in [0.15, 0.2) is 5.78 Å². The lowest BCUT2D eigenvalue weighted by Gasteiger charge is -2.36. The van der Waals surface area contributed by atoms with Gasteiger partial charge in [-0.2, -0.15) is 0 Å². The summed E-state index contributed by atoms with van der Waals surface area (Å²) in [6.07, 6.45) is 1.81. The number of hydrogen-bond donors (Lipinski definition) is 1. The molecular weight excluding hydrogens is 442 g/mol. The molecule has 1 heterocycles. The molecule has 2 aliphatic rings. The van der Waals surface area contributed by atoms with Crippen LogP contribution in [0.2, 0.25) is 0 Å². The van der Waals surface area contributed by atoms with Gasteiger partial charge >= 0.3 is 5.97 Å². The minimum absolute atomic E-state index is 0.0479. The summed E-state index contributed by atoms with van der Waals surface area (Å²) in [6, 6.07) is 15.5. The first kappa shape index (κ1) is 24.6. The number of carbonyl (C=O) groups is 2. The quantitative estimate of drug-likeness (QED) is 0.515. The van der Waals surface area contributed by atoms with Crippen molar-refractivity contribution in [2.75, 3.05) is 20.3 Å².